The number of aromatic nitrogens is 4. The van der Waals surface area contributed by atoms with Crippen molar-refractivity contribution < 1.29 is 9.53 Å². The topological polar surface area (TPSA) is 95.9 Å². The zero-order valence-corrected chi connectivity index (χ0v) is 11.4. The Balaban J connectivity index is 2.08. The Labute approximate surface area is 120 Å². The third-order valence-corrected chi connectivity index (χ3v) is 2.95. The molecule has 0 amide bonds. The average molecular weight is 283 g/mol. The maximum atomic E-state index is 11.7. The number of carbonyl (C=O) groups excluding carboxylic acids is 1. The van der Waals surface area contributed by atoms with E-state index in [2.05, 4.69) is 15.1 Å². The first kappa shape index (κ1) is 13.0. The van der Waals surface area contributed by atoms with Crippen LogP contribution in [-0.4, -0.2) is 32.3 Å². The van der Waals surface area contributed by atoms with E-state index < -0.39 is 5.97 Å². The molecule has 0 radical (unpaired) electrons. The molecule has 21 heavy (non-hydrogen) atoms. The number of fused-ring (bicyclic) bond motifs is 1. The smallest absolute Gasteiger partial charge is 0.341 e. The number of hydrogen-bond donors (Lipinski definition) is 1. The first-order valence-electron chi connectivity index (χ1n) is 6.41. The van der Waals surface area contributed by atoms with Gasteiger partial charge in [-0.15, -0.1) is 0 Å². The summed E-state index contributed by atoms with van der Waals surface area (Å²) in [6.45, 7) is 2.07. The van der Waals surface area contributed by atoms with Gasteiger partial charge in [0.25, 0.3) is 0 Å². The van der Waals surface area contributed by atoms with Crippen molar-refractivity contribution in [3.63, 3.8) is 0 Å². The van der Waals surface area contributed by atoms with E-state index in [0.717, 1.165) is 10.9 Å². The first-order valence-corrected chi connectivity index (χ1v) is 6.41. The van der Waals surface area contributed by atoms with Crippen LogP contribution < -0.4 is 5.73 Å². The molecule has 0 aliphatic rings. The second-order valence-electron chi connectivity index (χ2n) is 4.37. The molecule has 0 saturated heterocycles. The number of nitrogens with two attached hydrogens (primary N) is 1. The second-order valence-corrected chi connectivity index (χ2v) is 4.37. The SMILES string of the molecule is CCOC(=O)c1cnn(-c2ncnc3ccc(N)cc23)c1. The van der Waals surface area contributed by atoms with Gasteiger partial charge in [-0.2, -0.15) is 5.10 Å². The highest BCUT2D eigenvalue weighted by atomic mass is 16.5. The van der Waals surface area contributed by atoms with Crippen LogP contribution in [-0.2, 0) is 4.74 Å². The van der Waals surface area contributed by atoms with Gasteiger partial charge in [0.1, 0.15) is 6.33 Å². The fourth-order valence-corrected chi connectivity index (χ4v) is 2.00. The maximum Gasteiger partial charge on any atom is 0.341 e. The summed E-state index contributed by atoms with van der Waals surface area (Å²) in [5.41, 5.74) is 7.53. The normalized spacial score (nSPS) is 10.7. The lowest BCUT2D eigenvalue weighted by Gasteiger charge is -2.05. The van der Waals surface area contributed by atoms with E-state index in [1.54, 1.807) is 25.3 Å². The summed E-state index contributed by atoms with van der Waals surface area (Å²) in [6, 6.07) is 5.36. The van der Waals surface area contributed by atoms with Gasteiger partial charge in [0.05, 0.1) is 23.9 Å². The van der Waals surface area contributed by atoms with Crippen molar-refractivity contribution in [2.75, 3.05) is 12.3 Å². The largest absolute Gasteiger partial charge is 0.462 e. The van der Waals surface area contributed by atoms with Crippen LogP contribution in [0.1, 0.15) is 17.3 Å². The van der Waals surface area contributed by atoms with Crippen LogP contribution >= 0.6 is 0 Å². The zero-order chi connectivity index (χ0) is 14.8. The maximum absolute atomic E-state index is 11.7. The number of rotatable bonds is 3. The third kappa shape index (κ3) is 2.40. The van der Waals surface area contributed by atoms with Gasteiger partial charge in [0.15, 0.2) is 5.82 Å². The van der Waals surface area contributed by atoms with Crippen LogP contribution in [0.2, 0.25) is 0 Å². The third-order valence-electron chi connectivity index (χ3n) is 2.95. The van der Waals surface area contributed by atoms with Crippen molar-refractivity contribution >= 4 is 22.6 Å². The van der Waals surface area contributed by atoms with E-state index >= 15 is 0 Å². The highest BCUT2D eigenvalue weighted by Gasteiger charge is 2.12. The Bertz CT molecular complexity index is 812. The molecule has 0 spiro atoms. The molecule has 0 aliphatic heterocycles. The van der Waals surface area contributed by atoms with Gasteiger partial charge < -0.3 is 10.5 Å². The number of nitrogens with zero attached hydrogens (tertiary/aromatic N) is 4. The molecule has 3 aromatic rings. The summed E-state index contributed by atoms with van der Waals surface area (Å²) in [7, 11) is 0. The van der Waals surface area contributed by atoms with Crippen LogP contribution in [0.25, 0.3) is 16.7 Å². The van der Waals surface area contributed by atoms with Gasteiger partial charge in [-0.1, -0.05) is 0 Å². The Morgan fingerprint density at radius 2 is 2.24 bits per heavy atom. The molecule has 0 bridgehead atoms. The molecule has 2 heterocycles. The van der Waals surface area contributed by atoms with Crippen molar-refractivity contribution in [1.29, 1.82) is 0 Å². The molecule has 0 unspecified atom stereocenters. The van der Waals surface area contributed by atoms with E-state index in [0.29, 0.717) is 23.7 Å². The number of anilines is 1. The van der Waals surface area contributed by atoms with Crippen molar-refractivity contribution in [3.05, 3.63) is 42.5 Å². The van der Waals surface area contributed by atoms with Gasteiger partial charge in [-0.05, 0) is 25.1 Å². The molecule has 1 aromatic carbocycles. The summed E-state index contributed by atoms with van der Waals surface area (Å²) < 4.78 is 6.45. The Hall–Kier alpha value is -2.96. The molecule has 106 valence electrons. The van der Waals surface area contributed by atoms with E-state index in [1.807, 2.05) is 6.07 Å². The molecule has 7 nitrogen and oxygen atoms in total. The summed E-state index contributed by atoms with van der Waals surface area (Å²) in [5.74, 6) is 0.143. The van der Waals surface area contributed by atoms with E-state index in [-0.39, 0.29) is 0 Å². The molecular formula is C14H13N5O2. The molecule has 0 aliphatic carbocycles. The Morgan fingerprint density at radius 1 is 1.38 bits per heavy atom. The van der Waals surface area contributed by atoms with E-state index in [4.69, 9.17) is 10.5 Å². The summed E-state index contributed by atoms with van der Waals surface area (Å²) in [5, 5.41) is 4.91. The number of nitrogen functional groups attached to an aromatic ring is 1. The van der Waals surface area contributed by atoms with Crippen LogP contribution in [0.4, 0.5) is 5.69 Å². The summed E-state index contributed by atoms with van der Waals surface area (Å²) in [4.78, 5) is 20.1. The summed E-state index contributed by atoms with van der Waals surface area (Å²) >= 11 is 0. The molecule has 0 fully saturated rings. The van der Waals surface area contributed by atoms with Crippen LogP contribution in [0.15, 0.2) is 36.9 Å². The monoisotopic (exact) mass is 283 g/mol. The molecular weight excluding hydrogens is 270 g/mol. The van der Waals surface area contributed by atoms with E-state index in [1.165, 1.54) is 17.2 Å². The van der Waals surface area contributed by atoms with Crippen molar-refractivity contribution in [2.45, 2.75) is 6.92 Å². The lowest BCUT2D eigenvalue weighted by molar-refractivity contribution is 0.0526. The van der Waals surface area contributed by atoms with Gasteiger partial charge >= 0.3 is 5.97 Å². The van der Waals surface area contributed by atoms with Gasteiger partial charge in [-0.25, -0.2) is 19.4 Å². The van der Waals surface area contributed by atoms with Crippen LogP contribution in [0.5, 0.6) is 0 Å². The Kier molecular flexibility index (Phi) is 3.23. The average Bonchev–Trinajstić information content (AvgIpc) is 2.96. The molecule has 2 aromatic heterocycles. The lowest BCUT2D eigenvalue weighted by atomic mass is 10.2. The standard InChI is InChI=1S/C14H13N5O2/c1-2-21-14(20)9-6-18-19(7-9)13-11-5-10(15)3-4-12(11)16-8-17-13/h3-8H,2,15H2,1H3. The number of ether oxygens (including phenoxy) is 1. The number of carbonyl (C=O) groups is 1. The predicted molar refractivity (Wildman–Crippen MR) is 77.0 cm³/mol. The quantitative estimate of drug-likeness (QED) is 0.579. The van der Waals surface area contributed by atoms with E-state index in [9.17, 15) is 4.79 Å². The lowest BCUT2D eigenvalue weighted by Crippen LogP contribution is -2.04. The molecule has 2 N–H and O–H groups in total. The van der Waals surface area contributed by atoms with Crippen molar-refractivity contribution in [3.8, 4) is 5.82 Å². The first-order chi connectivity index (χ1) is 10.2. The van der Waals surface area contributed by atoms with Gasteiger partial charge in [0, 0.05) is 17.3 Å². The fourth-order valence-electron chi connectivity index (χ4n) is 2.00. The van der Waals surface area contributed by atoms with Crippen molar-refractivity contribution in [2.24, 2.45) is 0 Å². The molecule has 0 atom stereocenters. The predicted octanol–water partition coefficient (Wildman–Crippen LogP) is 1.57. The van der Waals surface area contributed by atoms with Crippen LogP contribution in [0.3, 0.4) is 0 Å². The molecule has 7 heteroatoms. The molecule has 3 rings (SSSR count). The minimum Gasteiger partial charge on any atom is -0.462 e. The van der Waals surface area contributed by atoms with Crippen molar-refractivity contribution in [1.82, 2.24) is 19.7 Å². The number of esters is 1. The second kappa shape index (κ2) is 5.20. The summed E-state index contributed by atoms with van der Waals surface area (Å²) in [6.07, 6.45) is 4.46. The van der Waals surface area contributed by atoms with Gasteiger partial charge in [0.2, 0.25) is 0 Å². The molecule has 0 saturated carbocycles. The highest BCUT2D eigenvalue weighted by molar-refractivity contribution is 5.90. The minimum atomic E-state index is -0.415. The minimum absolute atomic E-state index is 0.316. The number of hydrogen-bond acceptors (Lipinski definition) is 6. The number of benzene rings is 1. The zero-order valence-electron chi connectivity index (χ0n) is 11.4. The van der Waals surface area contributed by atoms with Gasteiger partial charge in [-0.3, -0.25) is 0 Å². The van der Waals surface area contributed by atoms with Crippen LogP contribution in [0, 0.1) is 0 Å². The Morgan fingerprint density at radius 3 is 3.05 bits per heavy atom. The highest BCUT2D eigenvalue weighted by Crippen LogP contribution is 2.20. The fraction of sp³-hybridized carbons (Fsp3) is 0.143.